The van der Waals surface area contributed by atoms with Gasteiger partial charge in [-0.3, -0.25) is 9.78 Å². The Kier molecular flexibility index (Phi) is 8.00. The van der Waals surface area contributed by atoms with Crippen molar-refractivity contribution in [1.29, 1.82) is 0 Å². The summed E-state index contributed by atoms with van der Waals surface area (Å²) in [6.07, 6.45) is -2.01. The minimum atomic E-state index is -4.63. The van der Waals surface area contributed by atoms with Gasteiger partial charge in [0.15, 0.2) is 6.04 Å². The molecule has 8 heteroatoms. The van der Waals surface area contributed by atoms with Crippen LogP contribution >= 0.6 is 11.8 Å². The van der Waals surface area contributed by atoms with E-state index < -0.39 is 18.1 Å². The first-order valence-corrected chi connectivity index (χ1v) is 12.7. The zero-order chi connectivity index (χ0) is 24.8. The van der Waals surface area contributed by atoms with Crippen molar-refractivity contribution in [3.8, 4) is 0 Å². The maximum atomic E-state index is 14.1. The van der Waals surface area contributed by atoms with Gasteiger partial charge >= 0.3 is 6.18 Å². The van der Waals surface area contributed by atoms with Crippen LogP contribution in [0, 0.1) is 5.92 Å². The van der Waals surface area contributed by atoms with Gasteiger partial charge in [0.1, 0.15) is 0 Å². The summed E-state index contributed by atoms with van der Waals surface area (Å²) in [5.41, 5.74) is 2.43. The van der Waals surface area contributed by atoms with E-state index in [4.69, 9.17) is 0 Å². The Labute approximate surface area is 207 Å². The van der Waals surface area contributed by atoms with E-state index in [0.29, 0.717) is 18.5 Å². The zero-order valence-corrected chi connectivity index (χ0v) is 20.2. The number of hydrogen-bond donors (Lipinski definition) is 1. The average molecular weight is 500 g/mol. The largest absolute Gasteiger partial charge is 0.414 e. The van der Waals surface area contributed by atoms with Crippen LogP contribution in [0.25, 0.3) is 0 Å². The normalized spacial score (nSPS) is 15.6. The topological polar surface area (TPSA) is 45.2 Å². The van der Waals surface area contributed by atoms with Gasteiger partial charge in [0, 0.05) is 13.0 Å². The molecule has 1 amide bonds. The van der Waals surface area contributed by atoms with Gasteiger partial charge in [-0.15, -0.1) is 0 Å². The predicted octanol–water partition coefficient (Wildman–Crippen LogP) is 6.49. The second-order valence-corrected chi connectivity index (χ2v) is 9.88. The molecule has 4 nitrogen and oxygen atoms in total. The van der Waals surface area contributed by atoms with Crippen LogP contribution in [0.2, 0.25) is 0 Å². The van der Waals surface area contributed by atoms with Crippen LogP contribution in [0.5, 0.6) is 0 Å². The van der Waals surface area contributed by atoms with Crippen molar-refractivity contribution in [2.75, 3.05) is 23.9 Å². The molecule has 1 saturated heterocycles. The molecule has 0 aliphatic carbocycles. The summed E-state index contributed by atoms with van der Waals surface area (Å²) < 4.78 is 42.3. The fourth-order valence-electron chi connectivity index (χ4n) is 4.41. The fraction of sp³-hybridized carbons (Fsp3) is 0.333. The van der Waals surface area contributed by atoms with Crippen LogP contribution in [0.1, 0.15) is 41.7 Å². The quantitative estimate of drug-likeness (QED) is 0.404. The number of nitrogens with zero attached hydrogens (tertiary/aromatic N) is 2. The third kappa shape index (κ3) is 6.17. The van der Waals surface area contributed by atoms with Crippen molar-refractivity contribution in [2.24, 2.45) is 5.92 Å². The highest BCUT2D eigenvalue weighted by atomic mass is 32.2. The van der Waals surface area contributed by atoms with Crippen LogP contribution < -0.4 is 5.32 Å². The number of halogens is 3. The van der Waals surface area contributed by atoms with Crippen molar-refractivity contribution in [3.05, 3.63) is 95.8 Å². The molecule has 0 bridgehead atoms. The maximum Gasteiger partial charge on any atom is 0.414 e. The predicted molar refractivity (Wildman–Crippen MR) is 134 cm³/mol. The first kappa shape index (κ1) is 25.1. The molecule has 35 heavy (non-hydrogen) atoms. The lowest BCUT2D eigenvalue weighted by Gasteiger charge is -2.33. The number of hydrogen-bond acceptors (Lipinski definition) is 4. The van der Waals surface area contributed by atoms with E-state index >= 15 is 0 Å². The van der Waals surface area contributed by atoms with Gasteiger partial charge in [0.2, 0.25) is 5.91 Å². The highest BCUT2D eigenvalue weighted by Gasteiger charge is 2.47. The number of alkyl halides is 3. The van der Waals surface area contributed by atoms with E-state index in [1.54, 1.807) is 17.8 Å². The molecule has 1 atom stereocenters. The third-order valence-electron chi connectivity index (χ3n) is 6.26. The summed E-state index contributed by atoms with van der Waals surface area (Å²) in [6, 6.07) is 20.3. The standard InChI is InChI=1S/C27H28F3N3OS/c1-33(26(34)21-14-16-35-17-15-21)25(27(28,29)30)23-13-12-22(18-31-23)32-24(19-8-4-2-5-9-19)20-10-6-3-7-11-20/h2-13,18,21,24-25,32H,14-17H2,1H3. The molecule has 1 aliphatic rings. The van der Waals surface area contributed by atoms with Crippen molar-refractivity contribution in [1.82, 2.24) is 9.88 Å². The van der Waals surface area contributed by atoms with Crippen LogP contribution in [0.3, 0.4) is 0 Å². The molecule has 1 N–H and O–H groups in total. The van der Waals surface area contributed by atoms with Gasteiger partial charge in [-0.05, 0) is 47.6 Å². The lowest BCUT2D eigenvalue weighted by Crippen LogP contribution is -2.43. The molecule has 0 spiro atoms. The van der Waals surface area contributed by atoms with Crippen molar-refractivity contribution >= 4 is 23.4 Å². The number of benzene rings is 2. The van der Waals surface area contributed by atoms with Gasteiger partial charge < -0.3 is 10.2 Å². The van der Waals surface area contributed by atoms with Crippen LogP contribution in [0.15, 0.2) is 79.0 Å². The summed E-state index contributed by atoms with van der Waals surface area (Å²) in [7, 11) is 1.23. The molecule has 184 valence electrons. The molecule has 4 rings (SSSR count). The molecular weight excluding hydrogens is 471 g/mol. The highest BCUT2D eigenvalue weighted by Crippen LogP contribution is 2.38. The number of anilines is 1. The summed E-state index contributed by atoms with van der Waals surface area (Å²) >= 11 is 1.73. The Morgan fingerprint density at radius 1 is 0.971 bits per heavy atom. The van der Waals surface area contributed by atoms with Gasteiger partial charge in [0.25, 0.3) is 0 Å². The molecule has 3 aromatic rings. The summed E-state index contributed by atoms with van der Waals surface area (Å²) in [5.74, 6) is 0.752. The van der Waals surface area contributed by atoms with Crippen molar-refractivity contribution in [2.45, 2.75) is 31.1 Å². The number of carbonyl (C=O) groups is 1. The Morgan fingerprint density at radius 3 is 2.03 bits per heavy atom. The Balaban J connectivity index is 1.57. The van der Waals surface area contributed by atoms with Gasteiger partial charge in [-0.2, -0.15) is 24.9 Å². The minimum absolute atomic E-state index is 0.194. The van der Waals surface area contributed by atoms with Gasteiger partial charge in [0.05, 0.1) is 23.6 Å². The van der Waals surface area contributed by atoms with Crippen LogP contribution in [-0.4, -0.2) is 40.5 Å². The fourth-order valence-corrected chi connectivity index (χ4v) is 5.52. The first-order valence-electron chi connectivity index (χ1n) is 11.6. The second-order valence-electron chi connectivity index (χ2n) is 8.65. The first-order chi connectivity index (χ1) is 16.8. The molecule has 2 aromatic carbocycles. The summed E-state index contributed by atoms with van der Waals surface area (Å²) in [6.45, 7) is 0. The van der Waals surface area contributed by atoms with E-state index in [-0.39, 0.29) is 17.7 Å². The second kappa shape index (κ2) is 11.2. The maximum absolute atomic E-state index is 14.1. The van der Waals surface area contributed by atoms with Crippen molar-refractivity contribution < 1.29 is 18.0 Å². The van der Waals surface area contributed by atoms with Gasteiger partial charge in [-0.25, -0.2) is 0 Å². The molecule has 1 unspecified atom stereocenters. The molecule has 1 fully saturated rings. The average Bonchev–Trinajstić information content (AvgIpc) is 2.88. The number of amides is 1. The summed E-state index contributed by atoms with van der Waals surface area (Å²) in [5, 5.41) is 3.39. The third-order valence-corrected chi connectivity index (χ3v) is 7.31. The minimum Gasteiger partial charge on any atom is -0.373 e. The molecule has 1 aromatic heterocycles. The smallest absolute Gasteiger partial charge is 0.373 e. The number of rotatable bonds is 7. The van der Waals surface area contributed by atoms with Gasteiger partial charge in [-0.1, -0.05) is 60.7 Å². The lowest BCUT2D eigenvalue weighted by atomic mass is 9.98. The number of thioether (sulfide) groups is 1. The monoisotopic (exact) mass is 499 g/mol. The Bertz CT molecular complexity index is 1050. The number of pyridine rings is 1. The van der Waals surface area contributed by atoms with Crippen molar-refractivity contribution in [3.63, 3.8) is 0 Å². The zero-order valence-electron chi connectivity index (χ0n) is 19.4. The van der Waals surface area contributed by atoms with E-state index in [0.717, 1.165) is 27.5 Å². The SMILES string of the molecule is CN(C(=O)C1CCSCC1)C(c1ccc(NC(c2ccccc2)c2ccccc2)cn1)C(F)(F)F. The van der Waals surface area contributed by atoms with E-state index in [2.05, 4.69) is 10.3 Å². The Hall–Kier alpha value is -3.00. The number of nitrogens with one attached hydrogen (secondary N) is 1. The highest BCUT2D eigenvalue weighted by molar-refractivity contribution is 7.99. The van der Waals surface area contributed by atoms with Crippen LogP contribution in [-0.2, 0) is 4.79 Å². The molecule has 0 radical (unpaired) electrons. The Morgan fingerprint density at radius 2 is 1.54 bits per heavy atom. The number of aromatic nitrogens is 1. The molecule has 1 aliphatic heterocycles. The number of carbonyl (C=O) groups excluding carboxylic acids is 1. The lowest BCUT2D eigenvalue weighted by molar-refractivity contribution is -0.191. The molecule has 0 saturated carbocycles. The van der Waals surface area contributed by atoms with E-state index in [1.807, 2.05) is 60.7 Å². The van der Waals surface area contributed by atoms with E-state index in [9.17, 15) is 18.0 Å². The summed E-state index contributed by atoms with van der Waals surface area (Å²) in [4.78, 5) is 17.8. The van der Waals surface area contributed by atoms with Crippen LogP contribution in [0.4, 0.5) is 18.9 Å². The van der Waals surface area contributed by atoms with E-state index in [1.165, 1.54) is 19.3 Å². The molecular formula is C27H28F3N3OS. The molecule has 2 heterocycles.